The van der Waals surface area contributed by atoms with Crippen molar-refractivity contribution in [3.8, 4) is 5.75 Å². The number of aromatic nitrogens is 5. The SMILES string of the molecule is O=c1[nH]c(=O)n(CCCCc2cnnn2CCc2cccc(OCC3CC3)c2)cc1F. The van der Waals surface area contributed by atoms with Crippen LogP contribution in [0, 0.1) is 11.7 Å². The zero-order chi connectivity index (χ0) is 21.6. The molecule has 0 aliphatic heterocycles. The van der Waals surface area contributed by atoms with Crippen LogP contribution in [0.3, 0.4) is 0 Å². The number of rotatable bonds is 11. The van der Waals surface area contributed by atoms with E-state index in [2.05, 4.69) is 22.4 Å². The molecule has 1 fully saturated rings. The van der Waals surface area contributed by atoms with E-state index in [-0.39, 0.29) is 0 Å². The Bertz CT molecular complexity index is 1130. The van der Waals surface area contributed by atoms with Crippen LogP contribution < -0.4 is 16.0 Å². The Morgan fingerprint density at radius 1 is 1.16 bits per heavy atom. The summed E-state index contributed by atoms with van der Waals surface area (Å²) in [5.41, 5.74) is 0.619. The molecule has 0 radical (unpaired) electrons. The predicted octanol–water partition coefficient (Wildman–Crippen LogP) is 2.32. The van der Waals surface area contributed by atoms with Gasteiger partial charge in [-0.1, -0.05) is 17.3 Å². The maximum Gasteiger partial charge on any atom is 0.328 e. The number of halogens is 1. The quantitative estimate of drug-likeness (QED) is 0.474. The van der Waals surface area contributed by atoms with Crippen molar-refractivity contribution in [3.05, 3.63) is 74.6 Å². The second-order valence-electron chi connectivity index (χ2n) is 7.99. The molecule has 2 heterocycles. The number of hydrogen-bond acceptors (Lipinski definition) is 5. The monoisotopic (exact) mass is 427 g/mol. The van der Waals surface area contributed by atoms with E-state index in [1.54, 1.807) is 6.20 Å². The van der Waals surface area contributed by atoms with Crippen molar-refractivity contribution >= 4 is 0 Å². The van der Waals surface area contributed by atoms with Crippen molar-refractivity contribution in [2.45, 2.75) is 51.6 Å². The number of aryl methyl sites for hydroxylation is 4. The number of benzene rings is 1. The highest BCUT2D eigenvalue weighted by Gasteiger charge is 2.21. The van der Waals surface area contributed by atoms with Crippen LogP contribution in [0.1, 0.15) is 36.9 Å². The maximum absolute atomic E-state index is 13.3. The highest BCUT2D eigenvalue weighted by molar-refractivity contribution is 5.28. The van der Waals surface area contributed by atoms with Crippen molar-refractivity contribution in [2.24, 2.45) is 5.92 Å². The number of aromatic amines is 1. The smallest absolute Gasteiger partial charge is 0.328 e. The topological polar surface area (TPSA) is 94.8 Å². The van der Waals surface area contributed by atoms with E-state index >= 15 is 0 Å². The Morgan fingerprint density at radius 2 is 2.03 bits per heavy atom. The molecule has 3 aromatic rings. The van der Waals surface area contributed by atoms with Crippen molar-refractivity contribution in [1.82, 2.24) is 24.5 Å². The van der Waals surface area contributed by atoms with Crippen molar-refractivity contribution < 1.29 is 9.13 Å². The van der Waals surface area contributed by atoms with Gasteiger partial charge in [-0.3, -0.25) is 14.3 Å². The molecule has 1 N–H and O–H groups in total. The van der Waals surface area contributed by atoms with E-state index < -0.39 is 17.1 Å². The second kappa shape index (κ2) is 9.72. The molecule has 0 amide bonds. The standard InChI is InChI=1S/C22H26FN5O3/c23-20-14-27(22(30)25-21(20)29)10-2-1-5-18-13-24-26-28(18)11-9-16-4-3-6-19(12-16)31-15-17-7-8-17/h3-4,6,12-14,17H,1-2,5,7-11,15H2,(H,25,29,30). The fraction of sp³-hybridized carbons (Fsp3) is 0.455. The lowest BCUT2D eigenvalue weighted by Gasteiger charge is -2.09. The first-order valence-electron chi connectivity index (χ1n) is 10.7. The maximum atomic E-state index is 13.3. The van der Waals surface area contributed by atoms with Gasteiger partial charge in [0.15, 0.2) is 0 Å². The van der Waals surface area contributed by atoms with Gasteiger partial charge in [0.2, 0.25) is 5.82 Å². The highest BCUT2D eigenvalue weighted by atomic mass is 19.1. The van der Waals surface area contributed by atoms with Crippen molar-refractivity contribution in [2.75, 3.05) is 6.61 Å². The molecule has 1 aromatic carbocycles. The molecule has 2 aromatic heterocycles. The fourth-order valence-electron chi connectivity index (χ4n) is 3.42. The summed E-state index contributed by atoms with van der Waals surface area (Å²) in [5.74, 6) is 0.684. The number of nitrogens with one attached hydrogen (secondary N) is 1. The zero-order valence-corrected chi connectivity index (χ0v) is 17.3. The number of hydrogen-bond donors (Lipinski definition) is 1. The van der Waals surface area contributed by atoms with Crippen molar-refractivity contribution in [1.29, 1.82) is 0 Å². The average Bonchev–Trinajstić information content (AvgIpc) is 3.49. The molecule has 0 spiro atoms. The molecule has 1 aliphatic rings. The molecule has 0 atom stereocenters. The normalized spacial score (nSPS) is 13.5. The lowest BCUT2D eigenvalue weighted by atomic mass is 10.1. The summed E-state index contributed by atoms with van der Waals surface area (Å²) in [6, 6.07) is 8.18. The Kier molecular flexibility index (Phi) is 6.59. The highest BCUT2D eigenvalue weighted by Crippen LogP contribution is 2.29. The molecule has 0 saturated heterocycles. The van der Waals surface area contributed by atoms with Crippen LogP contribution in [0.25, 0.3) is 0 Å². The summed E-state index contributed by atoms with van der Waals surface area (Å²) in [6.07, 6.45) is 8.26. The van der Waals surface area contributed by atoms with Gasteiger partial charge >= 0.3 is 5.69 Å². The molecule has 4 rings (SSSR count). The van der Waals surface area contributed by atoms with E-state index in [9.17, 15) is 14.0 Å². The molecule has 31 heavy (non-hydrogen) atoms. The van der Waals surface area contributed by atoms with Crippen LogP contribution in [0.2, 0.25) is 0 Å². The lowest BCUT2D eigenvalue weighted by molar-refractivity contribution is 0.299. The number of ether oxygens (including phenoxy) is 1. The van der Waals surface area contributed by atoms with E-state index in [4.69, 9.17) is 4.74 Å². The van der Waals surface area contributed by atoms with Crippen LogP contribution in [0.5, 0.6) is 5.75 Å². The largest absolute Gasteiger partial charge is 0.493 e. The van der Waals surface area contributed by atoms with Gasteiger partial charge in [-0.15, -0.1) is 5.10 Å². The van der Waals surface area contributed by atoms with Gasteiger partial charge in [0.05, 0.1) is 24.7 Å². The van der Waals surface area contributed by atoms with Gasteiger partial charge in [0.1, 0.15) is 5.75 Å². The van der Waals surface area contributed by atoms with E-state index in [0.29, 0.717) is 19.5 Å². The van der Waals surface area contributed by atoms with Gasteiger partial charge in [0, 0.05) is 13.1 Å². The third kappa shape index (κ3) is 5.90. The Hall–Kier alpha value is -3.23. The Labute approximate surface area is 178 Å². The van der Waals surface area contributed by atoms with Crippen LogP contribution in [0.4, 0.5) is 4.39 Å². The van der Waals surface area contributed by atoms with Crippen LogP contribution in [0.15, 0.2) is 46.2 Å². The molecule has 0 unspecified atom stereocenters. The minimum absolute atomic E-state index is 0.335. The molecule has 8 nitrogen and oxygen atoms in total. The minimum Gasteiger partial charge on any atom is -0.493 e. The van der Waals surface area contributed by atoms with E-state index in [1.165, 1.54) is 23.0 Å². The van der Waals surface area contributed by atoms with Crippen LogP contribution in [-0.4, -0.2) is 31.2 Å². The Balaban J connectivity index is 1.25. The van der Waals surface area contributed by atoms with Gasteiger partial charge in [-0.05, 0) is 62.1 Å². The molecule has 1 aliphatic carbocycles. The first-order chi connectivity index (χ1) is 15.1. The van der Waals surface area contributed by atoms with Gasteiger partial charge < -0.3 is 4.74 Å². The minimum atomic E-state index is -0.990. The molecule has 1 saturated carbocycles. The van der Waals surface area contributed by atoms with E-state index in [1.807, 2.05) is 21.8 Å². The van der Waals surface area contributed by atoms with Crippen molar-refractivity contribution in [3.63, 3.8) is 0 Å². The fourth-order valence-corrected chi connectivity index (χ4v) is 3.42. The summed E-state index contributed by atoms with van der Waals surface area (Å²) in [6.45, 7) is 1.85. The third-order valence-electron chi connectivity index (χ3n) is 5.44. The number of nitrogens with zero attached hydrogens (tertiary/aromatic N) is 4. The molecule has 9 heteroatoms. The first-order valence-corrected chi connectivity index (χ1v) is 10.7. The van der Waals surface area contributed by atoms with Crippen LogP contribution >= 0.6 is 0 Å². The molecular formula is C22H26FN5O3. The summed E-state index contributed by atoms with van der Waals surface area (Å²) in [5, 5.41) is 8.21. The average molecular weight is 427 g/mol. The first kappa shape index (κ1) is 21.0. The summed E-state index contributed by atoms with van der Waals surface area (Å²) < 4.78 is 22.3. The lowest BCUT2D eigenvalue weighted by Crippen LogP contribution is -2.31. The van der Waals surface area contributed by atoms with Gasteiger partial charge in [-0.2, -0.15) is 4.39 Å². The van der Waals surface area contributed by atoms with Crippen LogP contribution in [-0.2, 0) is 25.9 Å². The second-order valence-corrected chi connectivity index (χ2v) is 7.99. The predicted molar refractivity (Wildman–Crippen MR) is 113 cm³/mol. The summed E-state index contributed by atoms with van der Waals surface area (Å²) >= 11 is 0. The van der Waals surface area contributed by atoms with Gasteiger partial charge in [0.25, 0.3) is 5.56 Å². The van der Waals surface area contributed by atoms with E-state index in [0.717, 1.165) is 49.4 Å². The molecular weight excluding hydrogens is 401 g/mol. The summed E-state index contributed by atoms with van der Waals surface area (Å²) in [4.78, 5) is 24.8. The van der Waals surface area contributed by atoms with Gasteiger partial charge in [-0.25, -0.2) is 9.48 Å². The zero-order valence-electron chi connectivity index (χ0n) is 17.3. The Morgan fingerprint density at radius 3 is 2.87 bits per heavy atom. The third-order valence-corrected chi connectivity index (χ3v) is 5.44. The number of unbranched alkanes of at least 4 members (excludes halogenated alkanes) is 1. The molecule has 164 valence electrons. The summed E-state index contributed by atoms with van der Waals surface area (Å²) in [7, 11) is 0. The number of H-pyrrole nitrogens is 1. The molecule has 0 bridgehead atoms.